The molecule has 0 heterocycles. The van der Waals surface area contributed by atoms with E-state index >= 15 is 0 Å². The normalized spacial score (nSPS) is 10.1. The van der Waals surface area contributed by atoms with Crippen LogP contribution in [0.2, 0.25) is 0 Å². The van der Waals surface area contributed by atoms with Crippen LogP contribution in [0.3, 0.4) is 0 Å². The Labute approximate surface area is 158 Å². The fraction of sp³-hybridized carbons (Fsp3) is 0.300. The average Bonchev–Trinajstić information content (AvgIpc) is 2.72. The number of rotatable bonds is 10. The second-order valence-electron chi connectivity index (χ2n) is 5.80. The standard InChI is InChI=1S/C20H25N3O4/c1-26-17-5-2-3-6-18(17)27-14-19(24)22-11-4-12-23-20(25)16-9-7-15(13-21)8-10-16/h2-3,5-10H,4,11-14,21H2,1H3,(H,22,24)(H,23,25). The number of para-hydroxylation sites is 2. The number of nitrogens with one attached hydrogen (secondary N) is 2. The summed E-state index contributed by atoms with van der Waals surface area (Å²) in [6, 6.07) is 14.3. The second kappa shape index (κ2) is 10.8. The highest BCUT2D eigenvalue weighted by Crippen LogP contribution is 2.25. The molecular weight excluding hydrogens is 346 g/mol. The van der Waals surface area contributed by atoms with Gasteiger partial charge in [-0.25, -0.2) is 0 Å². The predicted molar refractivity (Wildman–Crippen MR) is 103 cm³/mol. The van der Waals surface area contributed by atoms with Gasteiger partial charge >= 0.3 is 0 Å². The molecule has 7 nitrogen and oxygen atoms in total. The molecule has 0 bridgehead atoms. The summed E-state index contributed by atoms with van der Waals surface area (Å²) in [6.07, 6.45) is 0.618. The fourth-order valence-electron chi connectivity index (χ4n) is 2.34. The Kier molecular flexibility index (Phi) is 8.12. The van der Waals surface area contributed by atoms with E-state index in [1.165, 1.54) is 0 Å². The molecular formula is C20H25N3O4. The summed E-state index contributed by atoms with van der Waals surface area (Å²) in [5.41, 5.74) is 7.09. The van der Waals surface area contributed by atoms with Crippen molar-refractivity contribution in [3.63, 3.8) is 0 Å². The Hall–Kier alpha value is -3.06. The highest BCUT2D eigenvalue weighted by atomic mass is 16.5. The molecule has 0 saturated carbocycles. The first kappa shape index (κ1) is 20.3. The van der Waals surface area contributed by atoms with E-state index in [1.807, 2.05) is 24.3 Å². The Bertz CT molecular complexity index is 747. The second-order valence-corrected chi connectivity index (χ2v) is 5.80. The van der Waals surface area contributed by atoms with E-state index in [0.717, 1.165) is 5.56 Å². The van der Waals surface area contributed by atoms with Crippen LogP contribution in [0.25, 0.3) is 0 Å². The van der Waals surface area contributed by atoms with E-state index in [-0.39, 0.29) is 18.4 Å². The van der Waals surface area contributed by atoms with Crippen molar-refractivity contribution in [2.24, 2.45) is 5.73 Å². The van der Waals surface area contributed by atoms with Gasteiger partial charge < -0.3 is 25.8 Å². The van der Waals surface area contributed by atoms with Gasteiger partial charge in [-0.2, -0.15) is 0 Å². The van der Waals surface area contributed by atoms with Gasteiger partial charge in [-0.15, -0.1) is 0 Å². The lowest BCUT2D eigenvalue weighted by atomic mass is 10.1. The van der Waals surface area contributed by atoms with Crippen LogP contribution in [-0.2, 0) is 11.3 Å². The molecule has 4 N–H and O–H groups in total. The van der Waals surface area contributed by atoms with Crippen molar-refractivity contribution >= 4 is 11.8 Å². The topological polar surface area (TPSA) is 103 Å². The number of amides is 2. The SMILES string of the molecule is COc1ccccc1OCC(=O)NCCCNC(=O)c1ccc(CN)cc1. The zero-order valence-corrected chi connectivity index (χ0v) is 15.4. The third-order valence-corrected chi connectivity index (χ3v) is 3.84. The number of methoxy groups -OCH3 is 1. The molecule has 0 fully saturated rings. The van der Waals surface area contributed by atoms with Crippen LogP contribution in [0.4, 0.5) is 0 Å². The first-order valence-corrected chi connectivity index (χ1v) is 8.73. The summed E-state index contributed by atoms with van der Waals surface area (Å²) in [5.74, 6) is 0.713. The van der Waals surface area contributed by atoms with E-state index in [4.69, 9.17) is 15.2 Å². The molecule has 0 aliphatic rings. The van der Waals surface area contributed by atoms with Gasteiger partial charge in [0.25, 0.3) is 11.8 Å². The molecule has 144 valence electrons. The van der Waals surface area contributed by atoms with Gasteiger partial charge in [0.2, 0.25) is 0 Å². The van der Waals surface area contributed by atoms with E-state index in [1.54, 1.807) is 31.4 Å². The third-order valence-electron chi connectivity index (χ3n) is 3.84. The van der Waals surface area contributed by atoms with E-state index in [9.17, 15) is 9.59 Å². The van der Waals surface area contributed by atoms with Gasteiger partial charge in [-0.3, -0.25) is 9.59 Å². The van der Waals surface area contributed by atoms with Crippen molar-refractivity contribution in [2.75, 3.05) is 26.8 Å². The fourth-order valence-corrected chi connectivity index (χ4v) is 2.34. The van der Waals surface area contributed by atoms with Crippen molar-refractivity contribution in [2.45, 2.75) is 13.0 Å². The zero-order valence-electron chi connectivity index (χ0n) is 15.4. The molecule has 2 aromatic carbocycles. The molecule has 0 aliphatic carbocycles. The summed E-state index contributed by atoms with van der Waals surface area (Å²) >= 11 is 0. The summed E-state index contributed by atoms with van der Waals surface area (Å²) in [7, 11) is 1.54. The lowest BCUT2D eigenvalue weighted by Gasteiger charge is -2.10. The Morgan fingerprint density at radius 3 is 2.30 bits per heavy atom. The number of ether oxygens (including phenoxy) is 2. The largest absolute Gasteiger partial charge is 0.493 e. The van der Waals surface area contributed by atoms with Crippen LogP contribution >= 0.6 is 0 Å². The molecule has 0 unspecified atom stereocenters. The van der Waals surface area contributed by atoms with Crippen LogP contribution in [0.5, 0.6) is 11.5 Å². The maximum Gasteiger partial charge on any atom is 0.257 e. The molecule has 0 aliphatic heterocycles. The van der Waals surface area contributed by atoms with Crippen LogP contribution in [0.1, 0.15) is 22.3 Å². The zero-order chi connectivity index (χ0) is 19.5. The monoisotopic (exact) mass is 371 g/mol. The average molecular weight is 371 g/mol. The summed E-state index contributed by atoms with van der Waals surface area (Å²) in [5, 5.41) is 5.56. The lowest BCUT2D eigenvalue weighted by Crippen LogP contribution is -2.32. The first-order valence-electron chi connectivity index (χ1n) is 8.73. The quantitative estimate of drug-likeness (QED) is 0.549. The van der Waals surface area contributed by atoms with Crippen LogP contribution < -0.4 is 25.8 Å². The molecule has 2 rings (SSSR count). The maximum atomic E-state index is 12.0. The first-order chi connectivity index (χ1) is 13.1. The van der Waals surface area contributed by atoms with E-state index < -0.39 is 0 Å². The van der Waals surface area contributed by atoms with Crippen molar-refractivity contribution in [3.05, 3.63) is 59.7 Å². The molecule has 27 heavy (non-hydrogen) atoms. The number of carbonyl (C=O) groups excluding carboxylic acids is 2. The van der Waals surface area contributed by atoms with Gasteiger partial charge in [0.05, 0.1) is 7.11 Å². The van der Waals surface area contributed by atoms with E-state index in [2.05, 4.69) is 10.6 Å². The molecule has 0 aromatic heterocycles. The molecule has 0 spiro atoms. The Morgan fingerprint density at radius 1 is 0.963 bits per heavy atom. The summed E-state index contributed by atoms with van der Waals surface area (Å²) in [6.45, 7) is 1.26. The lowest BCUT2D eigenvalue weighted by molar-refractivity contribution is -0.123. The van der Waals surface area contributed by atoms with Crippen LogP contribution in [0, 0.1) is 0 Å². The highest BCUT2D eigenvalue weighted by molar-refractivity contribution is 5.94. The Morgan fingerprint density at radius 2 is 1.63 bits per heavy atom. The smallest absolute Gasteiger partial charge is 0.257 e. The minimum Gasteiger partial charge on any atom is -0.493 e. The van der Waals surface area contributed by atoms with Crippen molar-refractivity contribution in [1.82, 2.24) is 10.6 Å². The van der Waals surface area contributed by atoms with Crippen molar-refractivity contribution < 1.29 is 19.1 Å². The molecule has 0 saturated heterocycles. The number of nitrogens with two attached hydrogens (primary N) is 1. The van der Waals surface area contributed by atoms with Gasteiger partial charge in [-0.1, -0.05) is 24.3 Å². The molecule has 2 amide bonds. The molecule has 0 radical (unpaired) electrons. The third kappa shape index (κ3) is 6.63. The summed E-state index contributed by atoms with van der Waals surface area (Å²) in [4.78, 5) is 23.8. The number of hydrogen-bond donors (Lipinski definition) is 3. The molecule has 7 heteroatoms. The summed E-state index contributed by atoms with van der Waals surface area (Å²) < 4.78 is 10.6. The van der Waals surface area contributed by atoms with Crippen LogP contribution in [0.15, 0.2) is 48.5 Å². The minimum atomic E-state index is -0.232. The highest BCUT2D eigenvalue weighted by Gasteiger charge is 2.07. The maximum absolute atomic E-state index is 12.0. The van der Waals surface area contributed by atoms with Gasteiger partial charge in [0, 0.05) is 25.2 Å². The Balaban J connectivity index is 1.61. The van der Waals surface area contributed by atoms with E-state index in [0.29, 0.717) is 43.1 Å². The van der Waals surface area contributed by atoms with Gasteiger partial charge in [0.15, 0.2) is 18.1 Å². The van der Waals surface area contributed by atoms with Crippen molar-refractivity contribution in [1.29, 1.82) is 0 Å². The van der Waals surface area contributed by atoms with Gasteiger partial charge in [-0.05, 0) is 36.2 Å². The molecule has 2 aromatic rings. The predicted octanol–water partition coefficient (Wildman–Crippen LogP) is 1.47. The number of hydrogen-bond acceptors (Lipinski definition) is 5. The number of carbonyl (C=O) groups is 2. The van der Waals surface area contributed by atoms with Gasteiger partial charge in [0.1, 0.15) is 0 Å². The minimum absolute atomic E-state index is 0.0970. The molecule has 0 atom stereocenters. The van der Waals surface area contributed by atoms with Crippen LogP contribution in [-0.4, -0.2) is 38.6 Å². The number of benzene rings is 2. The van der Waals surface area contributed by atoms with Crippen molar-refractivity contribution in [3.8, 4) is 11.5 Å².